The van der Waals surface area contributed by atoms with Gasteiger partial charge in [0.15, 0.2) is 0 Å². The van der Waals surface area contributed by atoms with Crippen molar-refractivity contribution in [2.24, 2.45) is 5.73 Å². The third-order valence-corrected chi connectivity index (χ3v) is 3.50. The minimum Gasteiger partial charge on any atom is -0.468 e. The first kappa shape index (κ1) is 14.3. The Bertz CT molecular complexity index is 527. The summed E-state index contributed by atoms with van der Waals surface area (Å²) in [5.74, 6) is -0.777. The summed E-state index contributed by atoms with van der Waals surface area (Å²) < 4.78 is 4.76. The Morgan fingerprint density at radius 2 is 2.05 bits per heavy atom. The topological polar surface area (TPSA) is 81.4 Å². The van der Waals surface area contributed by atoms with Crippen molar-refractivity contribution < 1.29 is 14.3 Å². The molecular formula is C15H18N2O3. The first-order valence-corrected chi connectivity index (χ1v) is 6.48. The first-order valence-electron chi connectivity index (χ1n) is 6.48. The molecule has 0 saturated carbocycles. The van der Waals surface area contributed by atoms with Crippen molar-refractivity contribution in [1.82, 2.24) is 5.32 Å². The summed E-state index contributed by atoms with van der Waals surface area (Å²) in [5, 5.41) is 2.79. The maximum atomic E-state index is 12.2. The molecule has 1 aromatic rings. The number of rotatable bonds is 3. The second-order valence-electron chi connectivity index (χ2n) is 4.82. The highest BCUT2D eigenvalue weighted by atomic mass is 16.5. The molecule has 20 heavy (non-hydrogen) atoms. The third-order valence-electron chi connectivity index (χ3n) is 3.50. The number of carbonyl (C=O) groups is 2. The average Bonchev–Trinajstić information content (AvgIpc) is 2.49. The molecule has 2 atom stereocenters. The monoisotopic (exact) mass is 274 g/mol. The van der Waals surface area contributed by atoms with Crippen LogP contribution in [-0.4, -0.2) is 30.6 Å². The summed E-state index contributed by atoms with van der Waals surface area (Å²) in [6.45, 7) is 0. The van der Waals surface area contributed by atoms with Crippen LogP contribution >= 0.6 is 0 Å². The van der Waals surface area contributed by atoms with Gasteiger partial charge >= 0.3 is 5.97 Å². The second kappa shape index (κ2) is 5.88. The lowest BCUT2D eigenvalue weighted by molar-refractivity contribution is -0.148. The van der Waals surface area contributed by atoms with E-state index < -0.39 is 17.6 Å². The van der Waals surface area contributed by atoms with Crippen LogP contribution in [-0.2, 0) is 9.53 Å². The molecule has 5 heteroatoms. The summed E-state index contributed by atoms with van der Waals surface area (Å²) in [5.41, 5.74) is 5.46. The maximum Gasteiger partial charge on any atom is 0.328 e. The lowest BCUT2D eigenvalue weighted by Gasteiger charge is -2.35. The average molecular weight is 274 g/mol. The molecule has 0 saturated heterocycles. The number of amides is 1. The van der Waals surface area contributed by atoms with E-state index in [2.05, 4.69) is 5.32 Å². The summed E-state index contributed by atoms with van der Waals surface area (Å²) in [6.07, 6.45) is 4.78. The van der Waals surface area contributed by atoms with Crippen molar-refractivity contribution in [2.75, 3.05) is 7.11 Å². The number of nitrogens with two attached hydrogens (primary N) is 1. The number of hydrogen-bond acceptors (Lipinski definition) is 4. The fraction of sp³-hybridized carbons (Fsp3) is 0.333. The van der Waals surface area contributed by atoms with Crippen LogP contribution in [0.1, 0.15) is 23.2 Å². The minimum absolute atomic E-state index is 0.263. The highest BCUT2D eigenvalue weighted by molar-refractivity contribution is 5.95. The first-order chi connectivity index (χ1) is 9.58. The molecule has 0 radical (unpaired) electrons. The quantitative estimate of drug-likeness (QED) is 0.636. The Morgan fingerprint density at radius 1 is 1.35 bits per heavy atom. The molecule has 1 aromatic carbocycles. The van der Waals surface area contributed by atoms with Gasteiger partial charge in [-0.1, -0.05) is 30.4 Å². The van der Waals surface area contributed by atoms with Gasteiger partial charge in [-0.25, -0.2) is 4.79 Å². The molecule has 0 spiro atoms. The van der Waals surface area contributed by atoms with Gasteiger partial charge < -0.3 is 15.8 Å². The molecule has 3 N–H and O–H groups in total. The van der Waals surface area contributed by atoms with Crippen LogP contribution in [0.5, 0.6) is 0 Å². The van der Waals surface area contributed by atoms with Gasteiger partial charge in [0.05, 0.1) is 13.2 Å². The molecule has 1 aliphatic carbocycles. The van der Waals surface area contributed by atoms with Gasteiger partial charge in [0.1, 0.15) is 5.54 Å². The number of allylic oxidation sites excluding steroid dienone is 1. The molecule has 1 aliphatic rings. The van der Waals surface area contributed by atoms with Crippen LogP contribution in [0, 0.1) is 0 Å². The zero-order valence-corrected chi connectivity index (χ0v) is 11.3. The molecule has 0 heterocycles. The van der Waals surface area contributed by atoms with Crippen molar-refractivity contribution in [3.8, 4) is 0 Å². The molecule has 106 valence electrons. The largest absolute Gasteiger partial charge is 0.468 e. The van der Waals surface area contributed by atoms with Crippen molar-refractivity contribution >= 4 is 11.9 Å². The predicted molar refractivity (Wildman–Crippen MR) is 75.0 cm³/mol. The zero-order chi connectivity index (χ0) is 14.6. The predicted octanol–water partition coefficient (Wildman–Crippen LogP) is 1.01. The van der Waals surface area contributed by atoms with E-state index in [1.807, 2.05) is 12.1 Å². The zero-order valence-electron chi connectivity index (χ0n) is 11.3. The standard InChI is InChI=1S/C15H18N2O3/c1-20-14(19)15(16)10-6-5-9-12(15)17-13(18)11-7-3-2-4-8-11/h2-5,7-9,12H,6,10,16H2,1H3,(H,17,18)/t12-,15+/m1/s1. The molecule has 1 amide bonds. The Balaban J connectivity index is 2.18. The fourth-order valence-corrected chi connectivity index (χ4v) is 2.29. The molecule has 0 aromatic heterocycles. The summed E-state index contributed by atoms with van der Waals surface area (Å²) >= 11 is 0. The Labute approximate surface area is 117 Å². The van der Waals surface area contributed by atoms with Crippen LogP contribution in [0.2, 0.25) is 0 Å². The lowest BCUT2D eigenvalue weighted by Crippen LogP contribution is -2.63. The SMILES string of the molecule is COC(=O)[C@]1(N)CCC=C[C@H]1NC(=O)c1ccccc1. The van der Waals surface area contributed by atoms with Gasteiger partial charge in [-0.05, 0) is 25.0 Å². The summed E-state index contributed by atoms with van der Waals surface area (Å²) in [6, 6.07) is 8.23. The highest BCUT2D eigenvalue weighted by Crippen LogP contribution is 2.23. The van der Waals surface area contributed by atoms with Crippen molar-refractivity contribution in [3.05, 3.63) is 48.0 Å². The van der Waals surface area contributed by atoms with E-state index in [1.165, 1.54) is 7.11 Å². The molecule has 0 bridgehead atoms. The van der Waals surface area contributed by atoms with Crippen molar-refractivity contribution in [1.29, 1.82) is 0 Å². The van der Waals surface area contributed by atoms with Crippen LogP contribution in [0.15, 0.2) is 42.5 Å². The van der Waals surface area contributed by atoms with Crippen molar-refractivity contribution in [3.63, 3.8) is 0 Å². The molecule has 0 fully saturated rings. The van der Waals surface area contributed by atoms with E-state index in [-0.39, 0.29) is 5.91 Å². The molecule has 0 aliphatic heterocycles. The molecule has 2 rings (SSSR count). The van der Waals surface area contributed by atoms with Gasteiger partial charge in [-0.2, -0.15) is 0 Å². The molecule has 5 nitrogen and oxygen atoms in total. The van der Waals surface area contributed by atoms with E-state index in [9.17, 15) is 9.59 Å². The molecular weight excluding hydrogens is 256 g/mol. The van der Waals surface area contributed by atoms with Gasteiger partial charge in [-0.3, -0.25) is 4.79 Å². The van der Waals surface area contributed by atoms with Crippen LogP contribution < -0.4 is 11.1 Å². The number of esters is 1. The summed E-state index contributed by atoms with van der Waals surface area (Å²) in [7, 11) is 1.30. The Morgan fingerprint density at radius 3 is 2.70 bits per heavy atom. The normalized spacial score (nSPS) is 25.0. The number of benzene rings is 1. The van der Waals surface area contributed by atoms with E-state index in [0.29, 0.717) is 18.4 Å². The summed E-state index contributed by atoms with van der Waals surface area (Å²) in [4.78, 5) is 24.0. The minimum atomic E-state index is -1.21. The van der Waals surface area contributed by atoms with E-state index in [1.54, 1.807) is 30.3 Å². The van der Waals surface area contributed by atoms with E-state index >= 15 is 0 Å². The smallest absolute Gasteiger partial charge is 0.328 e. The number of carbonyl (C=O) groups excluding carboxylic acids is 2. The third kappa shape index (κ3) is 2.72. The van der Waals surface area contributed by atoms with Gasteiger partial charge in [0.2, 0.25) is 0 Å². The van der Waals surface area contributed by atoms with E-state index in [4.69, 9.17) is 10.5 Å². The maximum absolute atomic E-state index is 12.2. The number of nitrogens with one attached hydrogen (secondary N) is 1. The number of methoxy groups -OCH3 is 1. The Kier molecular flexibility index (Phi) is 4.20. The van der Waals surface area contributed by atoms with Gasteiger partial charge in [-0.15, -0.1) is 0 Å². The highest BCUT2D eigenvalue weighted by Gasteiger charge is 2.43. The van der Waals surface area contributed by atoms with Crippen LogP contribution in [0.3, 0.4) is 0 Å². The fourth-order valence-electron chi connectivity index (χ4n) is 2.29. The van der Waals surface area contributed by atoms with Crippen LogP contribution in [0.4, 0.5) is 0 Å². The number of ether oxygens (including phenoxy) is 1. The second-order valence-corrected chi connectivity index (χ2v) is 4.82. The van der Waals surface area contributed by atoms with Crippen LogP contribution in [0.25, 0.3) is 0 Å². The van der Waals surface area contributed by atoms with E-state index in [0.717, 1.165) is 0 Å². The lowest BCUT2D eigenvalue weighted by atomic mass is 9.82. The van der Waals surface area contributed by atoms with Gasteiger partial charge in [0.25, 0.3) is 5.91 Å². The van der Waals surface area contributed by atoms with Crippen molar-refractivity contribution in [2.45, 2.75) is 24.4 Å². The molecule has 0 unspecified atom stereocenters. The van der Waals surface area contributed by atoms with Gasteiger partial charge in [0, 0.05) is 5.56 Å². The Hall–Kier alpha value is -2.14. The number of hydrogen-bond donors (Lipinski definition) is 2.